The number of hydrogen-bond donors (Lipinski definition) is 1. The van der Waals surface area contributed by atoms with Crippen molar-refractivity contribution in [3.05, 3.63) is 56.8 Å². The van der Waals surface area contributed by atoms with Gasteiger partial charge < -0.3 is 10.5 Å². The van der Waals surface area contributed by atoms with Gasteiger partial charge in [-0.15, -0.1) is 0 Å². The Bertz CT molecular complexity index is 699. The van der Waals surface area contributed by atoms with Gasteiger partial charge in [-0.05, 0) is 44.0 Å². The number of ether oxygens (including phenoxy) is 1. The molecule has 6 heteroatoms. The minimum absolute atomic E-state index is 0.0861. The Morgan fingerprint density at radius 3 is 2.48 bits per heavy atom. The van der Waals surface area contributed by atoms with E-state index < -0.39 is 4.92 Å². The molecule has 0 saturated carbocycles. The van der Waals surface area contributed by atoms with Crippen molar-refractivity contribution in [2.45, 2.75) is 27.3 Å². The van der Waals surface area contributed by atoms with E-state index in [1.165, 1.54) is 6.07 Å². The Morgan fingerprint density at radius 2 is 1.90 bits per heavy atom. The van der Waals surface area contributed by atoms with Crippen molar-refractivity contribution in [3.8, 4) is 11.6 Å². The fourth-order valence-electron chi connectivity index (χ4n) is 2.02. The molecule has 2 N–H and O–H groups in total. The van der Waals surface area contributed by atoms with E-state index in [1.807, 2.05) is 13.0 Å². The summed E-state index contributed by atoms with van der Waals surface area (Å²) in [5, 5.41) is 10.9. The van der Waals surface area contributed by atoms with E-state index in [9.17, 15) is 10.1 Å². The first-order valence-electron chi connectivity index (χ1n) is 6.51. The summed E-state index contributed by atoms with van der Waals surface area (Å²) in [6, 6.07) is 5.08. The average Bonchev–Trinajstić information content (AvgIpc) is 2.44. The third kappa shape index (κ3) is 3.17. The van der Waals surface area contributed by atoms with Crippen molar-refractivity contribution in [1.29, 1.82) is 0 Å². The number of nitrogens with zero attached hydrogens (tertiary/aromatic N) is 2. The minimum Gasteiger partial charge on any atom is -0.438 e. The zero-order valence-corrected chi connectivity index (χ0v) is 12.2. The Labute approximate surface area is 122 Å². The van der Waals surface area contributed by atoms with Gasteiger partial charge in [-0.2, -0.15) is 0 Å². The molecule has 1 heterocycles. The van der Waals surface area contributed by atoms with Crippen LogP contribution in [0.3, 0.4) is 0 Å². The number of nitro groups is 1. The molecule has 21 heavy (non-hydrogen) atoms. The van der Waals surface area contributed by atoms with Crippen LogP contribution in [0.1, 0.15) is 22.3 Å². The molecule has 2 aromatic rings. The number of aromatic nitrogens is 1. The van der Waals surface area contributed by atoms with Crippen LogP contribution >= 0.6 is 0 Å². The average molecular weight is 287 g/mol. The smallest absolute Gasteiger partial charge is 0.272 e. The number of benzene rings is 1. The van der Waals surface area contributed by atoms with Crippen LogP contribution in [-0.4, -0.2) is 9.91 Å². The van der Waals surface area contributed by atoms with Gasteiger partial charge in [-0.3, -0.25) is 10.1 Å². The van der Waals surface area contributed by atoms with Crippen LogP contribution < -0.4 is 10.5 Å². The third-order valence-corrected chi connectivity index (χ3v) is 3.22. The summed E-state index contributed by atoms with van der Waals surface area (Å²) in [6.07, 6.45) is 1.66. The lowest BCUT2D eigenvalue weighted by Crippen LogP contribution is -2.00. The lowest BCUT2D eigenvalue weighted by Gasteiger charge is -2.11. The van der Waals surface area contributed by atoms with Crippen molar-refractivity contribution < 1.29 is 9.66 Å². The predicted octanol–water partition coefficient (Wildman–Crippen LogP) is 3.17. The van der Waals surface area contributed by atoms with Crippen LogP contribution in [0.25, 0.3) is 0 Å². The molecule has 0 spiro atoms. The van der Waals surface area contributed by atoms with Crippen molar-refractivity contribution in [2.75, 3.05) is 0 Å². The van der Waals surface area contributed by atoms with E-state index in [0.717, 1.165) is 11.1 Å². The Balaban J connectivity index is 2.36. The van der Waals surface area contributed by atoms with E-state index in [0.29, 0.717) is 29.3 Å². The van der Waals surface area contributed by atoms with Crippen LogP contribution in [0.4, 0.5) is 5.69 Å². The van der Waals surface area contributed by atoms with Crippen LogP contribution in [0.2, 0.25) is 0 Å². The highest BCUT2D eigenvalue weighted by Crippen LogP contribution is 2.31. The summed E-state index contributed by atoms with van der Waals surface area (Å²) in [5.41, 5.74) is 8.69. The number of aryl methyl sites for hydroxylation is 3. The fraction of sp³-hybridized carbons (Fsp3) is 0.267. The largest absolute Gasteiger partial charge is 0.438 e. The fourth-order valence-corrected chi connectivity index (χ4v) is 2.02. The maximum absolute atomic E-state index is 10.9. The van der Waals surface area contributed by atoms with Crippen molar-refractivity contribution >= 4 is 5.69 Å². The molecule has 0 amide bonds. The van der Waals surface area contributed by atoms with Gasteiger partial charge in [0, 0.05) is 29.9 Å². The van der Waals surface area contributed by atoms with Crippen molar-refractivity contribution in [1.82, 2.24) is 4.98 Å². The van der Waals surface area contributed by atoms with Gasteiger partial charge in [-0.1, -0.05) is 0 Å². The summed E-state index contributed by atoms with van der Waals surface area (Å²) in [4.78, 5) is 14.7. The monoisotopic (exact) mass is 287 g/mol. The molecular formula is C15H17N3O3. The van der Waals surface area contributed by atoms with Gasteiger partial charge in [-0.25, -0.2) is 4.98 Å². The molecule has 1 aromatic carbocycles. The second-order valence-electron chi connectivity index (χ2n) is 4.93. The molecular weight excluding hydrogens is 270 g/mol. The lowest BCUT2D eigenvalue weighted by atomic mass is 10.1. The summed E-state index contributed by atoms with van der Waals surface area (Å²) in [6.45, 7) is 5.76. The Hall–Kier alpha value is -2.47. The van der Waals surface area contributed by atoms with Gasteiger partial charge in [0.05, 0.1) is 4.92 Å². The number of pyridine rings is 1. The number of rotatable bonds is 4. The molecule has 6 nitrogen and oxygen atoms in total. The molecule has 0 saturated heterocycles. The maximum Gasteiger partial charge on any atom is 0.272 e. The molecule has 0 atom stereocenters. The zero-order chi connectivity index (χ0) is 15.6. The van der Waals surface area contributed by atoms with Gasteiger partial charge >= 0.3 is 0 Å². The van der Waals surface area contributed by atoms with E-state index in [-0.39, 0.29) is 5.69 Å². The number of nitro benzene ring substituents is 1. The van der Waals surface area contributed by atoms with Gasteiger partial charge in [0.25, 0.3) is 5.69 Å². The predicted molar refractivity (Wildman–Crippen MR) is 79.5 cm³/mol. The van der Waals surface area contributed by atoms with E-state index in [1.54, 1.807) is 26.1 Å². The third-order valence-electron chi connectivity index (χ3n) is 3.22. The summed E-state index contributed by atoms with van der Waals surface area (Å²) in [5.74, 6) is 1.04. The first-order valence-corrected chi connectivity index (χ1v) is 6.51. The van der Waals surface area contributed by atoms with Gasteiger partial charge in [0.2, 0.25) is 5.88 Å². The molecule has 2 rings (SSSR count). The molecule has 0 aliphatic carbocycles. The highest BCUT2D eigenvalue weighted by atomic mass is 16.6. The summed E-state index contributed by atoms with van der Waals surface area (Å²) in [7, 11) is 0. The molecule has 0 aliphatic rings. The topological polar surface area (TPSA) is 91.3 Å². The van der Waals surface area contributed by atoms with Gasteiger partial charge in [0.1, 0.15) is 5.75 Å². The molecule has 1 aromatic heterocycles. The van der Waals surface area contributed by atoms with Crippen LogP contribution in [-0.2, 0) is 6.54 Å². The van der Waals surface area contributed by atoms with Crippen LogP contribution in [0.15, 0.2) is 24.4 Å². The maximum atomic E-state index is 10.9. The summed E-state index contributed by atoms with van der Waals surface area (Å²) >= 11 is 0. The van der Waals surface area contributed by atoms with Crippen LogP contribution in [0.5, 0.6) is 11.6 Å². The van der Waals surface area contributed by atoms with E-state index >= 15 is 0 Å². The molecule has 0 bridgehead atoms. The molecule has 0 fully saturated rings. The Kier molecular flexibility index (Phi) is 4.18. The second-order valence-corrected chi connectivity index (χ2v) is 4.93. The molecule has 0 unspecified atom stereocenters. The van der Waals surface area contributed by atoms with E-state index in [4.69, 9.17) is 10.5 Å². The highest BCUT2D eigenvalue weighted by Gasteiger charge is 2.15. The van der Waals surface area contributed by atoms with E-state index in [2.05, 4.69) is 4.98 Å². The molecule has 0 radical (unpaired) electrons. The highest BCUT2D eigenvalue weighted by molar-refractivity contribution is 5.50. The zero-order valence-electron chi connectivity index (χ0n) is 12.2. The van der Waals surface area contributed by atoms with Crippen molar-refractivity contribution in [2.24, 2.45) is 5.73 Å². The molecule has 0 aliphatic heterocycles. The number of hydrogen-bond acceptors (Lipinski definition) is 5. The first kappa shape index (κ1) is 14.9. The lowest BCUT2D eigenvalue weighted by molar-refractivity contribution is -0.385. The van der Waals surface area contributed by atoms with Crippen LogP contribution in [0, 0.1) is 30.9 Å². The normalized spacial score (nSPS) is 10.5. The quantitative estimate of drug-likeness (QED) is 0.688. The second kappa shape index (κ2) is 5.88. The van der Waals surface area contributed by atoms with Gasteiger partial charge in [0.15, 0.2) is 0 Å². The Morgan fingerprint density at radius 1 is 1.19 bits per heavy atom. The first-order chi connectivity index (χ1) is 9.92. The SMILES string of the molecule is Cc1cc([N+](=O)[O-])c(C)cc1Oc1ncc(CN)cc1C. The van der Waals surface area contributed by atoms with Crippen molar-refractivity contribution in [3.63, 3.8) is 0 Å². The summed E-state index contributed by atoms with van der Waals surface area (Å²) < 4.78 is 5.78. The minimum atomic E-state index is -0.397. The standard InChI is InChI=1S/C15H17N3O3/c1-9-6-14(10(2)5-13(9)18(19)20)21-15-11(3)4-12(7-16)8-17-15/h4-6,8H,7,16H2,1-3H3. The molecule has 110 valence electrons. The number of nitrogens with two attached hydrogens (primary N) is 1.